The Kier molecular flexibility index (Phi) is 4.84. The highest BCUT2D eigenvalue weighted by Crippen LogP contribution is 2.33. The predicted octanol–water partition coefficient (Wildman–Crippen LogP) is 4.69. The SMILES string of the molecule is O=C(c1cncc(-c2cccc(OC(F)(F)F)c2)c1)N1CCOc2ccccc21. The number of hydrogen-bond donors (Lipinski definition) is 0. The van der Waals surface area contributed by atoms with Crippen LogP contribution in [0.4, 0.5) is 18.9 Å². The van der Waals surface area contributed by atoms with Crippen molar-refractivity contribution in [1.29, 1.82) is 0 Å². The van der Waals surface area contributed by atoms with Crippen molar-refractivity contribution in [2.45, 2.75) is 6.36 Å². The summed E-state index contributed by atoms with van der Waals surface area (Å²) in [7, 11) is 0. The summed E-state index contributed by atoms with van der Waals surface area (Å²) in [6, 6.07) is 14.4. The zero-order chi connectivity index (χ0) is 20.4. The second kappa shape index (κ2) is 7.46. The van der Waals surface area contributed by atoms with E-state index in [4.69, 9.17) is 4.74 Å². The Bertz CT molecular complexity index is 1050. The van der Waals surface area contributed by atoms with Crippen LogP contribution in [0.5, 0.6) is 11.5 Å². The van der Waals surface area contributed by atoms with Gasteiger partial charge in [0.1, 0.15) is 18.1 Å². The van der Waals surface area contributed by atoms with Gasteiger partial charge in [-0.2, -0.15) is 0 Å². The van der Waals surface area contributed by atoms with Gasteiger partial charge in [-0.3, -0.25) is 9.78 Å². The van der Waals surface area contributed by atoms with Gasteiger partial charge in [-0.05, 0) is 35.9 Å². The van der Waals surface area contributed by atoms with E-state index in [-0.39, 0.29) is 11.7 Å². The number of para-hydroxylation sites is 2. The first kappa shape index (κ1) is 18.8. The summed E-state index contributed by atoms with van der Waals surface area (Å²) in [4.78, 5) is 18.8. The Morgan fingerprint density at radius 3 is 2.69 bits per heavy atom. The first-order valence-electron chi connectivity index (χ1n) is 8.76. The molecule has 1 aromatic heterocycles. The molecule has 8 heteroatoms. The van der Waals surface area contributed by atoms with Gasteiger partial charge in [0.25, 0.3) is 5.91 Å². The van der Waals surface area contributed by atoms with Crippen LogP contribution in [-0.2, 0) is 0 Å². The van der Waals surface area contributed by atoms with Crippen molar-refractivity contribution in [3.8, 4) is 22.6 Å². The normalized spacial score (nSPS) is 13.4. The number of carbonyl (C=O) groups is 1. The monoisotopic (exact) mass is 400 g/mol. The van der Waals surface area contributed by atoms with E-state index in [9.17, 15) is 18.0 Å². The summed E-state index contributed by atoms with van der Waals surface area (Å²) in [5, 5.41) is 0. The number of aromatic nitrogens is 1. The van der Waals surface area contributed by atoms with Crippen LogP contribution < -0.4 is 14.4 Å². The van der Waals surface area contributed by atoms with Gasteiger partial charge < -0.3 is 14.4 Å². The third-order valence-electron chi connectivity index (χ3n) is 4.36. The molecular formula is C21H15F3N2O3. The van der Waals surface area contributed by atoms with E-state index in [0.29, 0.717) is 41.3 Å². The predicted molar refractivity (Wildman–Crippen MR) is 100.0 cm³/mol. The fraction of sp³-hybridized carbons (Fsp3) is 0.143. The van der Waals surface area contributed by atoms with Gasteiger partial charge in [0.15, 0.2) is 0 Å². The lowest BCUT2D eigenvalue weighted by atomic mass is 10.0. The number of anilines is 1. The molecule has 29 heavy (non-hydrogen) atoms. The second-order valence-corrected chi connectivity index (χ2v) is 6.31. The first-order chi connectivity index (χ1) is 13.9. The van der Waals surface area contributed by atoms with Crippen LogP contribution >= 0.6 is 0 Å². The number of fused-ring (bicyclic) bond motifs is 1. The number of pyridine rings is 1. The molecule has 0 bridgehead atoms. The zero-order valence-electron chi connectivity index (χ0n) is 15.0. The molecule has 0 spiro atoms. The van der Waals surface area contributed by atoms with Gasteiger partial charge in [0.2, 0.25) is 0 Å². The number of nitrogens with zero attached hydrogens (tertiary/aromatic N) is 2. The van der Waals surface area contributed by atoms with Crippen molar-refractivity contribution in [3.63, 3.8) is 0 Å². The highest BCUT2D eigenvalue weighted by molar-refractivity contribution is 6.07. The topological polar surface area (TPSA) is 51.7 Å². The number of carbonyl (C=O) groups excluding carboxylic acids is 1. The number of ether oxygens (including phenoxy) is 2. The molecule has 0 unspecified atom stereocenters. The lowest BCUT2D eigenvalue weighted by Gasteiger charge is -2.29. The standard InChI is InChI=1S/C21H15F3N2O3/c22-21(23,24)29-17-5-3-4-14(11-17)15-10-16(13-25-12-15)20(27)26-8-9-28-19-7-2-1-6-18(19)26/h1-7,10-13H,8-9H2. The molecule has 3 aromatic rings. The maximum atomic E-state index is 13.1. The second-order valence-electron chi connectivity index (χ2n) is 6.31. The van der Waals surface area contributed by atoms with Crippen LogP contribution in [0.2, 0.25) is 0 Å². The Balaban J connectivity index is 1.63. The van der Waals surface area contributed by atoms with Gasteiger partial charge in [0.05, 0.1) is 17.8 Å². The number of hydrogen-bond acceptors (Lipinski definition) is 4. The maximum Gasteiger partial charge on any atom is 0.573 e. The number of amides is 1. The first-order valence-corrected chi connectivity index (χ1v) is 8.76. The average Bonchev–Trinajstić information content (AvgIpc) is 2.72. The van der Waals surface area contributed by atoms with E-state index in [0.717, 1.165) is 0 Å². The van der Waals surface area contributed by atoms with Gasteiger partial charge in [-0.1, -0.05) is 24.3 Å². The molecule has 148 valence electrons. The number of halogens is 3. The van der Waals surface area contributed by atoms with Crippen molar-refractivity contribution in [1.82, 2.24) is 4.98 Å². The number of benzene rings is 2. The van der Waals surface area contributed by atoms with Crippen LogP contribution in [0.15, 0.2) is 67.0 Å². The number of rotatable bonds is 3. The highest BCUT2D eigenvalue weighted by atomic mass is 19.4. The van der Waals surface area contributed by atoms with Crippen LogP contribution in [0.25, 0.3) is 11.1 Å². The quantitative estimate of drug-likeness (QED) is 0.640. The van der Waals surface area contributed by atoms with E-state index < -0.39 is 6.36 Å². The fourth-order valence-electron chi connectivity index (χ4n) is 3.12. The van der Waals surface area contributed by atoms with Crippen molar-refractivity contribution >= 4 is 11.6 Å². The van der Waals surface area contributed by atoms with Crippen molar-refractivity contribution < 1.29 is 27.4 Å². The molecule has 0 aliphatic carbocycles. The Morgan fingerprint density at radius 1 is 1.03 bits per heavy atom. The van der Waals surface area contributed by atoms with E-state index in [2.05, 4.69) is 9.72 Å². The molecule has 4 rings (SSSR count). The minimum absolute atomic E-state index is 0.266. The van der Waals surface area contributed by atoms with E-state index in [1.165, 1.54) is 30.6 Å². The Labute approximate surface area is 164 Å². The lowest BCUT2D eigenvalue weighted by molar-refractivity contribution is -0.274. The van der Waals surface area contributed by atoms with E-state index in [1.807, 2.05) is 12.1 Å². The van der Waals surface area contributed by atoms with Crippen LogP contribution in [-0.4, -0.2) is 30.4 Å². The molecule has 0 radical (unpaired) electrons. The largest absolute Gasteiger partial charge is 0.573 e. The smallest absolute Gasteiger partial charge is 0.490 e. The molecule has 0 fully saturated rings. The Morgan fingerprint density at radius 2 is 1.86 bits per heavy atom. The van der Waals surface area contributed by atoms with Gasteiger partial charge in [0, 0.05) is 18.0 Å². The summed E-state index contributed by atoms with van der Waals surface area (Å²) < 4.78 is 47.0. The minimum atomic E-state index is -4.78. The average molecular weight is 400 g/mol. The summed E-state index contributed by atoms with van der Waals surface area (Å²) in [6.45, 7) is 0.752. The third-order valence-corrected chi connectivity index (χ3v) is 4.36. The molecule has 1 aliphatic rings. The van der Waals surface area contributed by atoms with Crippen molar-refractivity contribution in [2.75, 3.05) is 18.1 Å². The minimum Gasteiger partial charge on any atom is -0.490 e. The molecule has 1 amide bonds. The summed E-state index contributed by atoms with van der Waals surface area (Å²) in [5.41, 5.74) is 1.94. The molecule has 1 aliphatic heterocycles. The van der Waals surface area contributed by atoms with Gasteiger partial charge in [-0.25, -0.2) is 0 Å². The van der Waals surface area contributed by atoms with Crippen molar-refractivity contribution in [3.05, 3.63) is 72.6 Å². The fourth-order valence-corrected chi connectivity index (χ4v) is 3.12. The maximum absolute atomic E-state index is 13.1. The molecule has 0 saturated heterocycles. The molecule has 0 saturated carbocycles. The summed E-state index contributed by atoms with van der Waals surface area (Å²) >= 11 is 0. The van der Waals surface area contributed by atoms with Crippen LogP contribution in [0.3, 0.4) is 0 Å². The van der Waals surface area contributed by atoms with E-state index in [1.54, 1.807) is 29.2 Å². The Hall–Kier alpha value is -3.55. The number of alkyl halides is 3. The summed E-state index contributed by atoms with van der Waals surface area (Å²) in [5.74, 6) is 0.0137. The molecule has 0 N–H and O–H groups in total. The summed E-state index contributed by atoms with van der Waals surface area (Å²) in [6.07, 6.45) is -1.87. The third kappa shape index (κ3) is 4.16. The molecule has 2 aromatic carbocycles. The molecule has 5 nitrogen and oxygen atoms in total. The van der Waals surface area contributed by atoms with Gasteiger partial charge >= 0.3 is 6.36 Å². The van der Waals surface area contributed by atoms with Crippen molar-refractivity contribution in [2.24, 2.45) is 0 Å². The van der Waals surface area contributed by atoms with Crippen LogP contribution in [0.1, 0.15) is 10.4 Å². The molecule has 2 heterocycles. The highest BCUT2D eigenvalue weighted by Gasteiger charge is 2.31. The lowest BCUT2D eigenvalue weighted by Crippen LogP contribution is -2.38. The van der Waals surface area contributed by atoms with E-state index >= 15 is 0 Å². The van der Waals surface area contributed by atoms with Gasteiger partial charge in [-0.15, -0.1) is 13.2 Å². The molecule has 0 atom stereocenters. The van der Waals surface area contributed by atoms with Crippen LogP contribution in [0, 0.1) is 0 Å². The zero-order valence-corrected chi connectivity index (χ0v) is 15.0. The molecular weight excluding hydrogens is 385 g/mol.